The van der Waals surface area contributed by atoms with Crippen LogP contribution >= 0.6 is 11.6 Å². The fourth-order valence-electron chi connectivity index (χ4n) is 2.48. The van der Waals surface area contributed by atoms with Crippen LogP contribution in [0.5, 0.6) is 0 Å². The van der Waals surface area contributed by atoms with Gasteiger partial charge in [0, 0.05) is 28.8 Å². The van der Waals surface area contributed by atoms with Gasteiger partial charge in [0.05, 0.1) is 0 Å². The lowest BCUT2D eigenvalue weighted by Gasteiger charge is -2.02. The molecule has 2 aromatic carbocycles. The summed E-state index contributed by atoms with van der Waals surface area (Å²) in [6.07, 6.45) is 1.86. The Bertz CT molecular complexity index is 1040. The second kappa shape index (κ2) is 6.41. The third-order valence-corrected chi connectivity index (χ3v) is 4.05. The van der Waals surface area contributed by atoms with Crippen LogP contribution in [0.1, 0.15) is 16.2 Å². The zero-order valence-corrected chi connectivity index (χ0v) is 13.7. The van der Waals surface area contributed by atoms with E-state index in [2.05, 4.69) is 20.4 Å². The van der Waals surface area contributed by atoms with Crippen LogP contribution in [-0.4, -0.2) is 21.0 Å². The molecule has 1 amide bonds. The molecule has 7 heteroatoms. The number of benzene rings is 2. The first-order chi connectivity index (χ1) is 12.2. The molecular formula is C18H13ClN4O2. The van der Waals surface area contributed by atoms with Crippen molar-refractivity contribution in [3.63, 3.8) is 0 Å². The Morgan fingerprint density at radius 1 is 1.16 bits per heavy atom. The number of fused-ring (bicyclic) bond motifs is 1. The third-order valence-electron chi connectivity index (χ3n) is 3.80. The van der Waals surface area contributed by atoms with E-state index >= 15 is 0 Å². The molecule has 6 nitrogen and oxygen atoms in total. The summed E-state index contributed by atoms with van der Waals surface area (Å²) in [5.74, 6) is -0.127. The maximum absolute atomic E-state index is 12.2. The highest BCUT2D eigenvalue weighted by molar-refractivity contribution is 6.30. The Morgan fingerprint density at radius 3 is 2.84 bits per heavy atom. The molecule has 2 heterocycles. The second-order valence-corrected chi connectivity index (χ2v) is 5.95. The number of amides is 1. The van der Waals surface area contributed by atoms with E-state index in [1.54, 1.807) is 12.1 Å². The van der Waals surface area contributed by atoms with Gasteiger partial charge in [0.2, 0.25) is 5.82 Å². The number of aromatic nitrogens is 3. The predicted octanol–water partition coefficient (Wildman–Crippen LogP) is 3.80. The van der Waals surface area contributed by atoms with Gasteiger partial charge in [-0.05, 0) is 35.2 Å². The summed E-state index contributed by atoms with van der Waals surface area (Å²) >= 11 is 5.84. The van der Waals surface area contributed by atoms with Crippen LogP contribution in [0.15, 0.2) is 59.3 Å². The molecule has 0 radical (unpaired) electrons. The molecule has 0 atom stereocenters. The van der Waals surface area contributed by atoms with E-state index in [4.69, 9.17) is 16.1 Å². The van der Waals surface area contributed by atoms with E-state index in [0.717, 1.165) is 22.0 Å². The van der Waals surface area contributed by atoms with Crippen molar-refractivity contribution in [3.05, 3.63) is 71.2 Å². The van der Waals surface area contributed by atoms with Crippen molar-refractivity contribution in [3.8, 4) is 11.4 Å². The van der Waals surface area contributed by atoms with Crippen LogP contribution in [-0.2, 0) is 6.54 Å². The van der Waals surface area contributed by atoms with Crippen molar-refractivity contribution in [2.75, 3.05) is 0 Å². The summed E-state index contributed by atoms with van der Waals surface area (Å²) in [6.45, 7) is 0.349. The zero-order chi connectivity index (χ0) is 17.2. The van der Waals surface area contributed by atoms with Gasteiger partial charge in [-0.2, -0.15) is 4.98 Å². The molecule has 0 aliphatic rings. The smallest absolute Gasteiger partial charge is 0.316 e. The largest absolute Gasteiger partial charge is 0.361 e. The van der Waals surface area contributed by atoms with Crippen LogP contribution in [0.4, 0.5) is 0 Å². The molecule has 0 aliphatic carbocycles. The summed E-state index contributed by atoms with van der Waals surface area (Å²) in [6, 6.07) is 14.9. The summed E-state index contributed by atoms with van der Waals surface area (Å²) in [7, 11) is 0. The number of nitrogens with zero attached hydrogens (tertiary/aromatic N) is 2. The minimum Gasteiger partial charge on any atom is -0.361 e. The van der Waals surface area contributed by atoms with Crippen molar-refractivity contribution < 1.29 is 9.32 Å². The van der Waals surface area contributed by atoms with Gasteiger partial charge in [0.25, 0.3) is 0 Å². The van der Waals surface area contributed by atoms with Gasteiger partial charge in [-0.1, -0.05) is 41.0 Å². The van der Waals surface area contributed by atoms with Crippen LogP contribution in [0, 0.1) is 0 Å². The van der Waals surface area contributed by atoms with Crippen molar-refractivity contribution in [1.82, 2.24) is 20.4 Å². The van der Waals surface area contributed by atoms with Crippen molar-refractivity contribution in [2.24, 2.45) is 0 Å². The van der Waals surface area contributed by atoms with E-state index in [0.29, 0.717) is 17.4 Å². The first-order valence-electron chi connectivity index (χ1n) is 7.63. The average Bonchev–Trinajstić information content (AvgIpc) is 3.29. The standard InChI is InChI=1S/C18H13ClN4O2/c19-14-5-1-11(2-6-14)10-21-17(24)18-22-16(23-25-18)13-4-3-12-7-8-20-15(12)9-13/h1-9,20H,10H2,(H,21,24). The van der Waals surface area contributed by atoms with Crippen molar-refractivity contribution >= 4 is 28.4 Å². The fraction of sp³-hybridized carbons (Fsp3) is 0.0556. The highest BCUT2D eigenvalue weighted by Gasteiger charge is 2.16. The van der Waals surface area contributed by atoms with Gasteiger partial charge in [-0.25, -0.2) is 0 Å². The number of carbonyl (C=O) groups is 1. The molecule has 4 rings (SSSR count). The van der Waals surface area contributed by atoms with Crippen molar-refractivity contribution in [2.45, 2.75) is 6.54 Å². The van der Waals surface area contributed by atoms with Gasteiger partial charge >= 0.3 is 11.8 Å². The van der Waals surface area contributed by atoms with Crippen LogP contribution in [0.25, 0.3) is 22.3 Å². The normalized spacial score (nSPS) is 10.9. The third kappa shape index (κ3) is 3.25. The van der Waals surface area contributed by atoms with Gasteiger partial charge in [0.1, 0.15) is 0 Å². The summed E-state index contributed by atoms with van der Waals surface area (Å²) in [4.78, 5) is 19.5. The Balaban J connectivity index is 1.48. The molecule has 2 N–H and O–H groups in total. The molecule has 0 bridgehead atoms. The van der Waals surface area contributed by atoms with Gasteiger partial charge < -0.3 is 14.8 Å². The number of H-pyrrole nitrogens is 1. The molecule has 0 spiro atoms. The number of halogens is 1. The lowest BCUT2D eigenvalue weighted by molar-refractivity contribution is 0.0907. The number of hydrogen-bond donors (Lipinski definition) is 2. The van der Waals surface area contributed by atoms with E-state index in [-0.39, 0.29) is 5.89 Å². The molecular weight excluding hydrogens is 340 g/mol. The number of aromatic amines is 1. The van der Waals surface area contributed by atoms with E-state index in [1.165, 1.54) is 0 Å². The molecule has 0 fully saturated rings. The number of carbonyl (C=O) groups excluding carboxylic acids is 1. The van der Waals surface area contributed by atoms with E-state index in [9.17, 15) is 4.79 Å². The SMILES string of the molecule is O=C(NCc1ccc(Cl)cc1)c1nc(-c2ccc3cc[nH]c3c2)no1. The van der Waals surface area contributed by atoms with Crippen LogP contribution < -0.4 is 5.32 Å². The molecule has 0 aliphatic heterocycles. The maximum atomic E-state index is 12.2. The molecule has 0 saturated heterocycles. The summed E-state index contributed by atoms with van der Waals surface area (Å²) < 4.78 is 5.08. The summed E-state index contributed by atoms with van der Waals surface area (Å²) in [5.41, 5.74) is 2.67. The molecule has 4 aromatic rings. The zero-order valence-electron chi connectivity index (χ0n) is 13.0. The monoisotopic (exact) mass is 352 g/mol. The molecule has 0 saturated carbocycles. The lowest BCUT2D eigenvalue weighted by atomic mass is 10.1. The van der Waals surface area contributed by atoms with Crippen molar-refractivity contribution in [1.29, 1.82) is 0 Å². The first-order valence-corrected chi connectivity index (χ1v) is 8.01. The Morgan fingerprint density at radius 2 is 2.00 bits per heavy atom. The average molecular weight is 353 g/mol. The minimum absolute atomic E-state index is 0.0736. The Kier molecular flexibility index (Phi) is 3.95. The topological polar surface area (TPSA) is 83.8 Å². The number of nitrogens with one attached hydrogen (secondary N) is 2. The first kappa shape index (κ1) is 15.4. The Labute approximate surface area is 147 Å². The molecule has 25 heavy (non-hydrogen) atoms. The fourth-order valence-corrected chi connectivity index (χ4v) is 2.61. The van der Waals surface area contributed by atoms with Crippen LogP contribution in [0.2, 0.25) is 5.02 Å². The van der Waals surface area contributed by atoms with Crippen LogP contribution in [0.3, 0.4) is 0 Å². The van der Waals surface area contributed by atoms with E-state index in [1.807, 2.05) is 42.6 Å². The second-order valence-electron chi connectivity index (χ2n) is 5.51. The van der Waals surface area contributed by atoms with Gasteiger partial charge in [0.15, 0.2) is 0 Å². The molecule has 2 aromatic heterocycles. The Hall–Kier alpha value is -3.12. The number of rotatable bonds is 4. The number of hydrogen-bond acceptors (Lipinski definition) is 4. The molecule has 124 valence electrons. The minimum atomic E-state index is -0.422. The highest BCUT2D eigenvalue weighted by atomic mass is 35.5. The van der Waals surface area contributed by atoms with Gasteiger partial charge in [-0.15, -0.1) is 0 Å². The highest BCUT2D eigenvalue weighted by Crippen LogP contribution is 2.21. The molecule has 0 unspecified atom stereocenters. The summed E-state index contributed by atoms with van der Waals surface area (Å²) in [5, 5.41) is 8.37. The maximum Gasteiger partial charge on any atom is 0.316 e. The lowest BCUT2D eigenvalue weighted by Crippen LogP contribution is -2.23. The predicted molar refractivity (Wildman–Crippen MR) is 94.2 cm³/mol. The van der Waals surface area contributed by atoms with Gasteiger partial charge in [-0.3, -0.25) is 4.79 Å². The van der Waals surface area contributed by atoms with E-state index < -0.39 is 5.91 Å². The quantitative estimate of drug-likeness (QED) is 0.585.